The molecule has 150 valence electrons. The number of carbonyl (C=O) groups excluding carboxylic acids is 1. The van der Waals surface area contributed by atoms with Crippen molar-refractivity contribution in [1.82, 2.24) is 5.06 Å². The van der Waals surface area contributed by atoms with Gasteiger partial charge >= 0.3 is 0 Å². The summed E-state index contributed by atoms with van der Waals surface area (Å²) in [5.41, 5.74) is -0.842. The van der Waals surface area contributed by atoms with Gasteiger partial charge in [-0.25, -0.2) is 5.06 Å². The number of benzene rings is 2. The molecule has 2 unspecified atom stereocenters. The summed E-state index contributed by atoms with van der Waals surface area (Å²) < 4.78 is 35.2. The first-order valence-electron chi connectivity index (χ1n) is 8.59. The van der Waals surface area contributed by atoms with E-state index in [4.69, 9.17) is 21.1 Å². The monoisotopic (exact) mass is 424 g/mol. The van der Waals surface area contributed by atoms with E-state index in [1.54, 1.807) is 48.5 Å². The second-order valence-corrected chi connectivity index (χ2v) is 7.86. The average molecular weight is 425 g/mol. The molecular formula is C19H19ClNO6S-. The summed E-state index contributed by atoms with van der Waals surface area (Å²) >= 11 is 3.27. The van der Waals surface area contributed by atoms with Crippen LogP contribution in [0.2, 0.25) is 5.02 Å². The van der Waals surface area contributed by atoms with E-state index in [-0.39, 0.29) is 32.5 Å². The van der Waals surface area contributed by atoms with Crippen LogP contribution >= 0.6 is 11.6 Å². The zero-order chi connectivity index (χ0) is 20.1. The maximum absolute atomic E-state index is 12.1. The van der Waals surface area contributed by atoms with Gasteiger partial charge in [-0.1, -0.05) is 23.7 Å². The van der Waals surface area contributed by atoms with Crippen molar-refractivity contribution in [3.05, 3.63) is 59.1 Å². The molecule has 1 amide bonds. The lowest BCUT2D eigenvalue weighted by atomic mass is 9.82. The van der Waals surface area contributed by atoms with E-state index in [9.17, 15) is 18.8 Å². The summed E-state index contributed by atoms with van der Waals surface area (Å²) in [5.74, 6) is 1.10. The fraction of sp³-hybridized carbons (Fsp3) is 0.316. The summed E-state index contributed by atoms with van der Waals surface area (Å²) in [6.07, 6.45) is 0.636. The number of hydrogen-bond donors (Lipinski definition) is 1. The molecule has 0 aromatic heterocycles. The first-order chi connectivity index (χ1) is 13.5. The van der Waals surface area contributed by atoms with Crippen LogP contribution in [0.5, 0.6) is 11.5 Å². The topological polar surface area (TPSA) is 99.1 Å². The number of hydroxylamine groups is 2. The Balaban J connectivity index is 1.88. The lowest BCUT2D eigenvalue weighted by Crippen LogP contribution is -2.55. The predicted molar refractivity (Wildman–Crippen MR) is 102 cm³/mol. The number of nitrogens with zero attached hydrogens (tertiary/aromatic N) is 1. The Morgan fingerprint density at radius 3 is 2.18 bits per heavy atom. The maximum Gasteiger partial charge on any atom is 0.233 e. The van der Waals surface area contributed by atoms with Crippen LogP contribution in [0.15, 0.2) is 48.5 Å². The van der Waals surface area contributed by atoms with Crippen LogP contribution in [-0.2, 0) is 20.6 Å². The number of halogens is 1. The third kappa shape index (κ3) is 4.37. The van der Waals surface area contributed by atoms with Gasteiger partial charge in [0.2, 0.25) is 6.41 Å². The first kappa shape index (κ1) is 20.8. The fourth-order valence-electron chi connectivity index (χ4n) is 3.39. The molecule has 1 saturated heterocycles. The molecule has 28 heavy (non-hydrogen) atoms. The number of rotatable bonds is 7. The van der Waals surface area contributed by atoms with Gasteiger partial charge in [-0.3, -0.25) is 14.2 Å². The smallest absolute Gasteiger partial charge is 0.233 e. The van der Waals surface area contributed by atoms with Crippen molar-refractivity contribution in [2.75, 3.05) is 13.2 Å². The normalized spacial score (nSPS) is 18.1. The van der Waals surface area contributed by atoms with Crippen LogP contribution in [0.1, 0.15) is 23.7 Å². The minimum Gasteiger partial charge on any atom is -0.772 e. The van der Waals surface area contributed by atoms with Gasteiger partial charge in [-0.15, -0.1) is 0 Å². The molecule has 2 atom stereocenters. The second-order valence-electron chi connectivity index (χ2n) is 6.43. The molecule has 1 aliphatic rings. The highest BCUT2D eigenvalue weighted by atomic mass is 35.5. The van der Waals surface area contributed by atoms with E-state index in [0.717, 1.165) is 0 Å². The van der Waals surface area contributed by atoms with Gasteiger partial charge in [0.25, 0.3) is 0 Å². The summed E-state index contributed by atoms with van der Waals surface area (Å²) in [5, 5.41) is 10.1. The Kier molecular flexibility index (Phi) is 6.69. The van der Waals surface area contributed by atoms with E-state index >= 15 is 0 Å². The van der Waals surface area contributed by atoms with Crippen molar-refractivity contribution in [2.45, 2.75) is 23.6 Å². The van der Waals surface area contributed by atoms with Crippen LogP contribution in [0, 0.1) is 0 Å². The molecule has 0 radical (unpaired) electrons. The van der Waals surface area contributed by atoms with E-state index < -0.39 is 21.9 Å². The Morgan fingerprint density at radius 1 is 1.14 bits per heavy atom. The molecule has 9 heteroatoms. The van der Waals surface area contributed by atoms with E-state index in [0.29, 0.717) is 27.1 Å². The van der Waals surface area contributed by atoms with Crippen molar-refractivity contribution in [3.8, 4) is 11.5 Å². The van der Waals surface area contributed by atoms with Gasteiger partial charge in [-0.05, 0) is 65.9 Å². The van der Waals surface area contributed by atoms with Gasteiger partial charge in [-0.2, -0.15) is 0 Å². The lowest BCUT2D eigenvalue weighted by Gasteiger charge is -2.47. The molecule has 0 saturated carbocycles. The van der Waals surface area contributed by atoms with Gasteiger partial charge in [0.05, 0.1) is 10.8 Å². The van der Waals surface area contributed by atoms with E-state index in [2.05, 4.69) is 0 Å². The SMILES string of the molecule is O=CN(O)C1(C(c2ccc(Oc3ccc(Cl)cc3)cc2)S(=O)[O-])CCOCC1. The highest BCUT2D eigenvalue weighted by Crippen LogP contribution is 2.42. The molecule has 0 spiro atoms. The highest BCUT2D eigenvalue weighted by molar-refractivity contribution is 7.79. The molecule has 1 aliphatic heterocycles. The zero-order valence-electron chi connectivity index (χ0n) is 14.8. The van der Waals surface area contributed by atoms with Crippen molar-refractivity contribution < 1.29 is 28.2 Å². The van der Waals surface area contributed by atoms with Crippen molar-refractivity contribution >= 4 is 29.1 Å². The fourth-order valence-corrected chi connectivity index (χ4v) is 4.60. The standard InChI is InChI=1S/C19H20ClNO6S/c20-15-3-7-17(8-4-15)27-16-5-1-14(2-6-16)18(28(24)25)19(21(23)13-22)9-11-26-12-10-19/h1-8,13,18,23H,9-12H2,(H,24,25)/p-1. The van der Waals surface area contributed by atoms with Crippen LogP contribution < -0.4 is 4.74 Å². The second kappa shape index (κ2) is 9.02. The molecular weight excluding hydrogens is 406 g/mol. The molecule has 3 rings (SSSR count). The molecule has 1 heterocycles. The summed E-state index contributed by atoms with van der Waals surface area (Å²) in [4.78, 5) is 11.3. The molecule has 0 aliphatic carbocycles. The molecule has 2 aromatic carbocycles. The highest BCUT2D eigenvalue weighted by Gasteiger charge is 2.46. The first-order valence-corrected chi connectivity index (χ1v) is 10.1. The minimum absolute atomic E-state index is 0.198. The number of ether oxygens (including phenoxy) is 2. The Hall–Kier alpha value is -1.97. The Bertz CT molecular complexity index is 823. The van der Waals surface area contributed by atoms with Gasteiger partial charge in [0.1, 0.15) is 11.5 Å². The van der Waals surface area contributed by atoms with Crippen molar-refractivity contribution in [2.24, 2.45) is 0 Å². The van der Waals surface area contributed by atoms with Crippen LogP contribution in [0.4, 0.5) is 0 Å². The van der Waals surface area contributed by atoms with Crippen LogP contribution in [0.25, 0.3) is 0 Å². The summed E-state index contributed by atoms with van der Waals surface area (Å²) in [6, 6.07) is 13.3. The molecule has 0 bridgehead atoms. The number of carbonyl (C=O) groups is 1. The molecule has 2 aromatic rings. The third-order valence-corrected chi connectivity index (χ3v) is 6.18. The van der Waals surface area contributed by atoms with Gasteiger partial charge in [0, 0.05) is 18.2 Å². The number of amides is 1. The molecule has 7 nitrogen and oxygen atoms in total. The average Bonchev–Trinajstić information content (AvgIpc) is 2.71. The maximum atomic E-state index is 12.1. The lowest BCUT2D eigenvalue weighted by molar-refractivity contribution is -0.195. The van der Waals surface area contributed by atoms with E-state index in [1.807, 2.05) is 0 Å². The van der Waals surface area contributed by atoms with Crippen LogP contribution in [-0.4, -0.2) is 44.2 Å². The van der Waals surface area contributed by atoms with Crippen molar-refractivity contribution in [1.29, 1.82) is 0 Å². The molecule has 1 N–H and O–H groups in total. The minimum atomic E-state index is -2.58. The van der Waals surface area contributed by atoms with Gasteiger partial charge in [0.15, 0.2) is 0 Å². The van der Waals surface area contributed by atoms with Crippen molar-refractivity contribution in [3.63, 3.8) is 0 Å². The van der Waals surface area contributed by atoms with E-state index in [1.165, 1.54) is 0 Å². The predicted octanol–water partition coefficient (Wildman–Crippen LogP) is 3.45. The quantitative estimate of drug-likeness (QED) is 0.316. The molecule has 1 fully saturated rings. The largest absolute Gasteiger partial charge is 0.772 e. The Labute approximate surface area is 170 Å². The summed E-state index contributed by atoms with van der Waals surface area (Å²) in [7, 11) is 0. The number of hydrogen-bond acceptors (Lipinski definition) is 6. The summed E-state index contributed by atoms with van der Waals surface area (Å²) in [6.45, 7) is 0.493. The zero-order valence-corrected chi connectivity index (χ0v) is 16.4. The Morgan fingerprint density at radius 2 is 1.68 bits per heavy atom. The van der Waals surface area contributed by atoms with Crippen LogP contribution in [0.3, 0.4) is 0 Å². The third-order valence-electron chi connectivity index (χ3n) is 4.83. The van der Waals surface area contributed by atoms with Gasteiger partial charge < -0.3 is 14.0 Å².